The lowest BCUT2D eigenvalue weighted by Gasteiger charge is -2.21. The normalized spacial score (nSPS) is 17.4. The Bertz CT molecular complexity index is 1130. The molecule has 1 aromatic carbocycles. The van der Waals surface area contributed by atoms with Crippen molar-refractivity contribution in [1.29, 1.82) is 0 Å². The van der Waals surface area contributed by atoms with Crippen LogP contribution in [0.4, 0.5) is 5.69 Å². The minimum absolute atomic E-state index is 0.165. The molecule has 0 aliphatic carbocycles. The molecule has 1 saturated heterocycles. The number of benzene rings is 1. The number of fused-ring (bicyclic) bond motifs is 1. The monoisotopic (exact) mass is 490 g/mol. The maximum absolute atomic E-state index is 12.8. The van der Waals surface area contributed by atoms with E-state index in [1.54, 1.807) is 35.2 Å². The number of hydrogen-bond acceptors (Lipinski definition) is 8. The number of amides is 2. The first kappa shape index (κ1) is 19.1. The first-order valence-electron chi connectivity index (χ1n) is 9.19. The summed E-state index contributed by atoms with van der Waals surface area (Å²) in [5.74, 6) is 0.906. The van der Waals surface area contributed by atoms with Gasteiger partial charge in [-0.25, -0.2) is 0 Å². The van der Waals surface area contributed by atoms with E-state index in [0.29, 0.717) is 33.4 Å². The average Bonchev–Trinajstić information content (AvgIpc) is 3.52. The fraction of sp³-hybridized carbons (Fsp3) is 0.263. The SMILES string of the molecule is O=C(Nc1ccc2c(c1)OCO2)c1nnc([C@H]2CCCN2C(=O)c2ccc(Br)o2)s1. The third-order valence-electron chi connectivity index (χ3n) is 4.85. The van der Waals surface area contributed by atoms with Crippen LogP contribution in [-0.4, -0.2) is 40.2 Å². The van der Waals surface area contributed by atoms with Crippen molar-refractivity contribution in [2.24, 2.45) is 0 Å². The Balaban J connectivity index is 1.30. The highest BCUT2D eigenvalue weighted by Gasteiger charge is 2.35. The van der Waals surface area contributed by atoms with Gasteiger partial charge in [-0.05, 0) is 53.0 Å². The second-order valence-electron chi connectivity index (χ2n) is 6.73. The maximum atomic E-state index is 12.8. The largest absolute Gasteiger partial charge is 0.454 e. The molecule has 9 nitrogen and oxygen atoms in total. The molecule has 0 saturated carbocycles. The van der Waals surface area contributed by atoms with Crippen LogP contribution in [0.5, 0.6) is 11.5 Å². The summed E-state index contributed by atoms with van der Waals surface area (Å²) < 4.78 is 16.5. The Morgan fingerprint density at radius 1 is 1.17 bits per heavy atom. The van der Waals surface area contributed by atoms with Crippen LogP contribution in [0, 0.1) is 0 Å². The zero-order valence-electron chi connectivity index (χ0n) is 15.5. The second kappa shape index (κ2) is 7.73. The van der Waals surface area contributed by atoms with Crippen LogP contribution in [-0.2, 0) is 0 Å². The van der Waals surface area contributed by atoms with Crippen LogP contribution < -0.4 is 14.8 Å². The number of furan rings is 1. The molecule has 1 atom stereocenters. The van der Waals surface area contributed by atoms with Crippen LogP contribution in [0.2, 0.25) is 0 Å². The molecule has 2 amide bonds. The van der Waals surface area contributed by atoms with E-state index < -0.39 is 0 Å². The smallest absolute Gasteiger partial charge is 0.290 e. The molecule has 30 heavy (non-hydrogen) atoms. The molecule has 2 aromatic heterocycles. The number of aromatic nitrogens is 2. The second-order valence-corrected chi connectivity index (χ2v) is 8.52. The molecule has 0 radical (unpaired) electrons. The van der Waals surface area contributed by atoms with E-state index in [0.717, 1.165) is 12.8 Å². The highest BCUT2D eigenvalue weighted by molar-refractivity contribution is 9.10. The van der Waals surface area contributed by atoms with Gasteiger partial charge in [0.25, 0.3) is 11.8 Å². The van der Waals surface area contributed by atoms with Gasteiger partial charge in [0.1, 0.15) is 5.01 Å². The van der Waals surface area contributed by atoms with Crippen molar-refractivity contribution in [2.75, 3.05) is 18.7 Å². The Morgan fingerprint density at radius 3 is 2.87 bits per heavy atom. The van der Waals surface area contributed by atoms with Gasteiger partial charge in [0.05, 0.1) is 6.04 Å². The third kappa shape index (κ3) is 3.54. The minimum atomic E-state index is -0.372. The van der Waals surface area contributed by atoms with Crippen molar-refractivity contribution in [3.05, 3.63) is 50.8 Å². The van der Waals surface area contributed by atoms with Crippen molar-refractivity contribution in [3.63, 3.8) is 0 Å². The summed E-state index contributed by atoms with van der Waals surface area (Å²) in [4.78, 5) is 27.1. The van der Waals surface area contributed by atoms with Gasteiger partial charge in [-0.1, -0.05) is 11.3 Å². The van der Waals surface area contributed by atoms with Crippen molar-refractivity contribution >= 4 is 44.8 Å². The number of nitrogens with one attached hydrogen (secondary N) is 1. The summed E-state index contributed by atoms with van der Waals surface area (Å²) in [6.07, 6.45) is 1.60. The van der Waals surface area contributed by atoms with Crippen molar-refractivity contribution in [3.8, 4) is 11.5 Å². The Hall–Kier alpha value is -2.92. The van der Waals surface area contributed by atoms with E-state index >= 15 is 0 Å². The Kier molecular flexibility index (Phi) is 4.91. The lowest BCUT2D eigenvalue weighted by atomic mass is 10.2. The van der Waals surface area contributed by atoms with Gasteiger partial charge < -0.3 is 24.1 Å². The lowest BCUT2D eigenvalue weighted by Crippen LogP contribution is -2.30. The molecule has 1 N–H and O–H groups in total. The van der Waals surface area contributed by atoms with Gasteiger partial charge in [-0.15, -0.1) is 10.2 Å². The van der Waals surface area contributed by atoms with Crippen LogP contribution in [0.1, 0.15) is 44.2 Å². The van der Waals surface area contributed by atoms with E-state index in [4.69, 9.17) is 13.9 Å². The number of halogens is 1. The Labute approximate surface area is 183 Å². The fourth-order valence-corrected chi connectivity index (χ4v) is 4.65. The zero-order chi connectivity index (χ0) is 20.7. The van der Waals surface area contributed by atoms with Crippen LogP contribution in [0.3, 0.4) is 0 Å². The van der Waals surface area contributed by atoms with Gasteiger partial charge in [0.15, 0.2) is 21.9 Å². The quantitative estimate of drug-likeness (QED) is 0.591. The molecule has 5 rings (SSSR count). The molecular weight excluding hydrogens is 476 g/mol. The van der Waals surface area contributed by atoms with E-state index in [2.05, 4.69) is 31.4 Å². The summed E-state index contributed by atoms with van der Waals surface area (Å²) in [5.41, 5.74) is 0.571. The molecule has 2 aliphatic rings. The van der Waals surface area contributed by atoms with Crippen molar-refractivity contribution in [1.82, 2.24) is 15.1 Å². The number of ether oxygens (including phenoxy) is 2. The number of carbonyl (C=O) groups is 2. The molecule has 2 aliphatic heterocycles. The molecule has 3 aromatic rings. The minimum Gasteiger partial charge on any atom is -0.454 e. The van der Waals surface area contributed by atoms with Crippen molar-refractivity contribution < 1.29 is 23.5 Å². The molecule has 0 bridgehead atoms. The summed E-state index contributed by atoms with van der Waals surface area (Å²) >= 11 is 4.40. The third-order valence-corrected chi connectivity index (χ3v) is 6.30. The molecule has 0 spiro atoms. The maximum Gasteiger partial charge on any atom is 0.290 e. The summed E-state index contributed by atoms with van der Waals surface area (Å²) in [5, 5.41) is 11.9. The topological polar surface area (TPSA) is 107 Å². The lowest BCUT2D eigenvalue weighted by molar-refractivity contribution is 0.0701. The average molecular weight is 491 g/mol. The van der Waals surface area contributed by atoms with Gasteiger partial charge in [0, 0.05) is 18.3 Å². The number of hydrogen-bond donors (Lipinski definition) is 1. The molecule has 154 valence electrons. The first-order chi connectivity index (χ1) is 14.6. The molecule has 4 heterocycles. The van der Waals surface area contributed by atoms with Crippen LogP contribution in [0.25, 0.3) is 0 Å². The molecular formula is C19H15BrN4O5S. The summed E-state index contributed by atoms with van der Waals surface area (Å²) in [6.45, 7) is 0.762. The van der Waals surface area contributed by atoms with Crippen LogP contribution in [0.15, 0.2) is 39.4 Å². The van der Waals surface area contributed by atoms with E-state index in [-0.39, 0.29) is 35.4 Å². The standard InChI is InChI=1S/C19H15BrN4O5S/c20-15-6-5-13(29-15)19(26)24-7-1-2-11(24)17-22-23-18(30-17)16(25)21-10-3-4-12-14(8-10)28-9-27-12/h3-6,8,11H,1-2,7,9H2,(H,21,25)/t11-/m1/s1. The molecule has 0 unspecified atom stereocenters. The zero-order valence-corrected chi connectivity index (χ0v) is 17.9. The molecule has 1 fully saturated rings. The van der Waals surface area contributed by atoms with Crippen molar-refractivity contribution in [2.45, 2.75) is 18.9 Å². The number of rotatable bonds is 4. The predicted molar refractivity (Wildman–Crippen MR) is 110 cm³/mol. The number of carbonyl (C=O) groups excluding carboxylic acids is 2. The van der Waals surface area contributed by atoms with Gasteiger partial charge in [-0.3, -0.25) is 9.59 Å². The van der Waals surface area contributed by atoms with E-state index in [1.807, 2.05) is 0 Å². The molecule has 11 heteroatoms. The van der Waals surface area contributed by atoms with Crippen LogP contribution >= 0.6 is 27.3 Å². The number of likely N-dealkylation sites (tertiary alicyclic amines) is 1. The summed E-state index contributed by atoms with van der Waals surface area (Å²) in [7, 11) is 0. The van der Waals surface area contributed by atoms with Gasteiger partial charge in [0.2, 0.25) is 11.8 Å². The number of nitrogens with zero attached hydrogens (tertiary/aromatic N) is 3. The van der Waals surface area contributed by atoms with Gasteiger partial charge >= 0.3 is 0 Å². The number of anilines is 1. The Morgan fingerprint density at radius 2 is 2.03 bits per heavy atom. The van der Waals surface area contributed by atoms with E-state index in [1.165, 1.54) is 11.3 Å². The van der Waals surface area contributed by atoms with E-state index in [9.17, 15) is 9.59 Å². The highest BCUT2D eigenvalue weighted by Crippen LogP contribution is 2.36. The summed E-state index contributed by atoms with van der Waals surface area (Å²) in [6, 6.07) is 8.24. The first-order valence-corrected chi connectivity index (χ1v) is 10.8. The predicted octanol–water partition coefficient (Wildman–Crippen LogP) is 3.85. The van der Waals surface area contributed by atoms with Gasteiger partial charge in [-0.2, -0.15) is 0 Å². The fourth-order valence-electron chi connectivity index (χ4n) is 3.46. The highest BCUT2D eigenvalue weighted by atomic mass is 79.9.